The fourth-order valence-corrected chi connectivity index (χ4v) is 1.93. The summed E-state index contributed by atoms with van der Waals surface area (Å²) >= 11 is -0.0584. The fraction of sp³-hybridized carbons (Fsp3) is 0.333. The lowest BCUT2D eigenvalue weighted by atomic mass is 10.2. The lowest BCUT2D eigenvalue weighted by Crippen LogP contribution is -2.18. The first kappa shape index (κ1) is 14.9. The average Bonchev–Trinajstić information content (AvgIpc) is 2.87. The molecule has 1 N–H and O–H groups in total. The van der Waals surface area contributed by atoms with Crippen molar-refractivity contribution in [1.29, 1.82) is 0 Å². The van der Waals surface area contributed by atoms with E-state index in [4.69, 9.17) is 4.42 Å². The van der Waals surface area contributed by atoms with E-state index in [1.54, 1.807) is 0 Å². The van der Waals surface area contributed by atoms with Crippen molar-refractivity contribution in [2.24, 2.45) is 0 Å². The number of alkyl halides is 3. The smallest absolute Gasteiger partial charge is 0.419 e. The maximum Gasteiger partial charge on any atom is 0.441 e. The second kappa shape index (κ2) is 6.76. The molecule has 20 heavy (non-hydrogen) atoms. The number of hydrogen-bond acceptors (Lipinski definition) is 5. The van der Waals surface area contributed by atoms with Crippen LogP contribution in [0.3, 0.4) is 0 Å². The lowest BCUT2D eigenvalue weighted by molar-refractivity contribution is -0.0327. The van der Waals surface area contributed by atoms with Crippen molar-refractivity contribution >= 4 is 11.8 Å². The van der Waals surface area contributed by atoms with E-state index in [9.17, 15) is 13.2 Å². The second-order valence-electron chi connectivity index (χ2n) is 3.84. The molecule has 1 aromatic heterocycles. The van der Waals surface area contributed by atoms with Crippen LogP contribution in [0.5, 0.6) is 0 Å². The topological polar surface area (TPSA) is 51.0 Å². The van der Waals surface area contributed by atoms with Crippen molar-refractivity contribution in [1.82, 2.24) is 15.5 Å². The van der Waals surface area contributed by atoms with E-state index in [-0.39, 0.29) is 30.6 Å². The summed E-state index contributed by atoms with van der Waals surface area (Å²) in [5, 5.41) is 10.5. The quantitative estimate of drug-likeness (QED) is 0.831. The van der Waals surface area contributed by atoms with E-state index in [1.807, 2.05) is 30.3 Å². The summed E-state index contributed by atoms with van der Waals surface area (Å²) < 4.78 is 41.1. The summed E-state index contributed by atoms with van der Waals surface area (Å²) in [6.45, 7) is 0.464. The molecule has 8 heteroatoms. The van der Waals surface area contributed by atoms with Crippen molar-refractivity contribution in [3.63, 3.8) is 0 Å². The number of rotatable bonds is 6. The average molecular weight is 303 g/mol. The SMILES string of the molecule is FC(F)(F)SCCNCc1nnc(-c2ccccc2)o1. The lowest BCUT2D eigenvalue weighted by Gasteiger charge is -2.05. The van der Waals surface area contributed by atoms with Crippen LogP contribution in [0.1, 0.15) is 5.89 Å². The van der Waals surface area contributed by atoms with E-state index in [0.29, 0.717) is 11.8 Å². The number of halogens is 3. The van der Waals surface area contributed by atoms with E-state index in [0.717, 1.165) is 5.56 Å². The second-order valence-corrected chi connectivity index (χ2v) is 5.00. The minimum absolute atomic E-state index is 0.0524. The van der Waals surface area contributed by atoms with Gasteiger partial charge in [-0.25, -0.2) is 0 Å². The van der Waals surface area contributed by atoms with Gasteiger partial charge in [-0.15, -0.1) is 10.2 Å². The van der Waals surface area contributed by atoms with Crippen LogP contribution in [0.25, 0.3) is 11.5 Å². The maximum atomic E-state index is 11.9. The monoisotopic (exact) mass is 303 g/mol. The Morgan fingerprint density at radius 2 is 1.90 bits per heavy atom. The molecule has 0 fully saturated rings. The molecule has 0 unspecified atom stereocenters. The molecule has 1 heterocycles. The van der Waals surface area contributed by atoms with E-state index >= 15 is 0 Å². The zero-order chi connectivity index (χ0) is 14.4. The molecule has 0 radical (unpaired) electrons. The molecule has 0 aliphatic heterocycles. The van der Waals surface area contributed by atoms with E-state index < -0.39 is 5.51 Å². The van der Waals surface area contributed by atoms with Gasteiger partial charge in [-0.05, 0) is 23.9 Å². The highest BCUT2D eigenvalue weighted by molar-refractivity contribution is 8.00. The zero-order valence-corrected chi connectivity index (χ0v) is 11.2. The third kappa shape index (κ3) is 4.86. The van der Waals surface area contributed by atoms with Crippen LogP contribution in [-0.4, -0.2) is 28.0 Å². The van der Waals surface area contributed by atoms with Gasteiger partial charge in [-0.3, -0.25) is 0 Å². The van der Waals surface area contributed by atoms with Gasteiger partial charge in [0.2, 0.25) is 11.8 Å². The van der Waals surface area contributed by atoms with Crippen LogP contribution in [-0.2, 0) is 6.54 Å². The molecule has 4 nitrogen and oxygen atoms in total. The number of aromatic nitrogens is 2. The molecule has 0 saturated heterocycles. The summed E-state index contributed by atoms with van der Waals surface area (Å²) in [6.07, 6.45) is 0. The molecular weight excluding hydrogens is 291 g/mol. The number of thioether (sulfide) groups is 1. The Morgan fingerprint density at radius 3 is 2.60 bits per heavy atom. The Labute approximate surface area is 117 Å². The zero-order valence-electron chi connectivity index (χ0n) is 10.4. The maximum absolute atomic E-state index is 11.9. The highest BCUT2D eigenvalue weighted by Gasteiger charge is 2.27. The Bertz CT molecular complexity index is 530. The van der Waals surface area contributed by atoms with Gasteiger partial charge >= 0.3 is 5.51 Å². The third-order valence-corrected chi connectivity index (χ3v) is 3.04. The Balaban J connectivity index is 1.76. The Kier molecular flexibility index (Phi) is 5.02. The molecular formula is C12H12F3N3OS. The molecule has 0 aliphatic rings. The molecule has 108 valence electrons. The van der Waals surface area contributed by atoms with Gasteiger partial charge in [0, 0.05) is 17.9 Å². The molecule has 1 aromatic carbocycles. The third-order valence-electron chi connectivity index (χ3n) is 2.31. The molecule has 0 amide bonds. The predicted octanol–water partition coefficient (Wildman–Crippen LogP) is 3.08. The normalized spacial score (nSPS) is 11.8. The van der Waals surface area contributed by atoms with Crippen molar-refractivity contribution in [3.8, 4) is 11.5 Å². The van der Waals surface area contributed by atoms with Gasteiger partial charge in [0.05, 0.1) is 6.54 Å². The molecule has 2 aromatic rings. The molecule has 2 rings (SSSR count). The summed E-state index contributed by atoms with van der Waals surface area (Å²) in [4.78, 5) is 0. The van der Waals surface area contributed by atoms with Crippen molar-refractivity contribution in [2.45, 2.75) is 12.1 Å². The molecule has 0 aliphatic carbocycles. The summed E-state index contributed by atoms with van der Waals surface area (Å²) in [5.41, 5.74) is -3.38. The van der Waals surface area contributed by atoms with Gasteiger partial charge in [-0.2, -0.15) is 13.2 Å². The number of nitrogens with one attached hydrogen (secondary N) is 1. The summed E-state index contributed by atoms with van der Waals surface area (Å²) in [7, 11) is 0. The molecule has 0 spiro atoms. The minimum Gasteiger partial charge on any atom is -0.419 e. The van der Waals surface area contributed by atoms with Crippen molar-refractivity contribution < 1.29 is 17.6 Å². The van der Waals surface area contributed by atoms with Crippen molar-refractivity contribution in [2.75, 3.05) is 12.3 Å². The number of benzene rings is 1. The van der Waals surface area contributed by atoms with E-state index in [1.165, 1.54) is 0 Å². The first-order chi connectivity index (χ1) is 9.54. The van der Waals surface area contributed by atoms with Crippen LogP contribution >= 0.6 is 11.8 Å². The Morgan fingerprint density at radius 1 is 1.15 bits per heavy atom. The summed E-state index contributed by atoms with van der Waals surface area (Å²) in [5.74, 6) is 0.691. The minimum atomic E-state index is -4.19. The highest BCUT2D eigenvalue weighted by Crippen LogP contribution is 2.29. The number of hydrogen-bond donors (Lipinski definition) is 1. The first-order valence-corrected chi connectivity index (χ1v) is 6.82. The van der Waals surface area contributed by atoms with Crippen LogP contribution in [0, 0.1) is 0 Å². The predicted molar refractivity (Wildman–Crippen MR) is 70.0 cm³/mol. The van der Waals surface area contributed by atoms with Crippen molar-refractivity contribution in [3.05, 3.63) is 36.2 Å². The van der Waals surface area contributed by atoms with Gasteiger partial charge in [-0.1, -0.05) is 18.2 Å². The molecule has 0 atom stereocenters. The number of nitrogens with zero attached hydrogens (tertiary/aromatic N) is 2. The first-order valence-electron chi connectivity index (χ1n) is 5.84. The van der Waals surface area contributed by atoms with Gasteiger partial charge < -0.3 is 9.73 Å². The van der Waals surface area contributed by atoms with Crippen LogP contribution < -0.4 is 5.32 Å². The van der Waals surface area contributed by atoms with Crippen LogP contribution in [0.2, 0.25) is 0 Å². The molecule has 0 saturated carbocycles. The molecule has 0 bridgehead atoms. The fourth-order valence-electron chi connectivity index (χ4n) is 1.46. The van der Waals surface area contributed by atoms with E-state index in [2.05, 4.69) is 15.5 Å². The van der Waals surface area contributed by atoms with Gasteiger partial charge in [0.25, 0.3) is 0 Å². The van der Waals surface area contributed by atoms with Gasteiger partial charge in [0.1, 0.15) is 0 Å². The highest BCUT2D eigenvalue weighted by atomic mass is 32.2. The van der Waals surface area contributed by atoms with Gasteiger partial charge in [0.15, 0.2) is 0 Å². The standard InChI is InChI=1S/C12H12F3N3OS/c13-12(14,15)20-7-6-16-8-10-17-18-11(19-10)9-4-2-1-3-5-9/h1-5,16H,6-8H2. The summed E-state index contributed by atoms with van der Waals surface area (Å²) in [6, 6.07) is 9.26. The largest absolute Gasteiger partial charge is 0.441 e. The van der Waals surface area contributed by atoms with Crippen LogP contribution in [0.4, 0.5) is 13.2 Å². The van der Waals surface area contributed by atoms with Crippen LogP contribution in [0.15, 0.2) is 34.7 Å². The Hall–Kier alpha value is -1.54.